The molecule has 0 spiro atoms. The lowest BCUT2D eigenvalue weighted by Gasteiger charge is -2.19. The minimum absolute atomic E-state index is 0.326. The molecular formula is C12H19N3O4. The maximum absolute atomic E-state index is 11.4. The molecule has 0 bridgehead atoms. The van der Waals surface area contributed by atoms with Gasteiger partial charge < -0.3 is 19.1 Å². The average molecular weight is 269 g/mol. The molecule has 1 rings (SSSR count). The number of nitrogens with one attached hydrogen (secondary N) is 1. The second-order valence-corrected chi connectivity index (χ2v) is 3.82. The monoisotopic (exact) mass is 269 g/mol. The van der Waals surface area contributed by atoms with E-state index in [1.165, 1.54) is 4.90 Å². The minimum atomic E-state index is -0.392. The summed E-state index contributed by atoms with van der Waals surface area (Å²) in [6.07, 6.45) is 0. The molecule has 0 atom stereocenters. The summed E-state index contributed by atoms with van der Waals surface area (Å²) in [5.41, 5.74) is 2.85. The highest BCUT2D eigenvalue weighted by Crippen LogP contribution is 2.35. The van der Waals surface area contributed by atoms with Gasteiger partial charge in [-0.3, -0.25) is 5.43 Å². The molecule has 106 valence electrons. The number of carbonyl (C=O) groups excluding carboxylic acids is 1. The molecule has 0 heterocycles. The van der Waals surface area contributed by atoms with Crippen molar-refractivity contribution in [2.45, 2.75) is 6.54 Å². The third-order valence-electron chi connectivity index (χ3n) is 2.66. The molecule has 2 amide bonds. The first-order valence-corrected chi connectivity index (χ1v) is 5.58. The second-order valence-electron chi connectivity index (χ2n) is 3.82. The van der Waals surface area contributed by atoms with Crippen molar-refractivity contribution in [3.05, 3.63) is 17.7 Å². The first-order chi connectivity index (χ1) is 9.07. The topological polar surface area (TPSA) is 86.0 Å². The molecule has 0 fully saturated rings. The number of rotatable bonds is 5. The number of carbonyl (C=O) groups is 1. The number of hydrogen-bond donors (Lipinski definition) is 2. The first-order valence-electron chi connectivity index (χ1n) is 5.58. The fourth-order valence-corrected chi connectivity index (χ4v) is 1.65. The quantitative estimate of drug-likeness (QED) is 0.467. The van der Waals surface area contributed by atoms with Crippen LogP contribution in [-0.2, 0) is 6.54 Å². The van der Waals surface area contributed by atoms with Crippen molar-refractivity contribution < 1.29 is 19.0 Å². The molecular weight excluding hydrogens is 250 g/mol. The van der Waals surface area contributed by atoms with Gasteiger partial charge in [0.25, 0.3) is 0 Å². The molecule has 7 heteroatoms. The molecule has 0 aliphatic heterocycles. The number of nitrogens with zero attached hydrogens (tertiary/aromatic N) is 1. The van der Waals surface area contributed by atoms with Crippen molar-refractivity contribution in [3.8, 4) is 17.2 Å². The first kappa shape index (κ1) is 14.9. The zero-order chi connectivity index (χ0) is 14.4. The minimum Gasteiger partial charge on any atom is -0.496 e. The summed E-state index contributed by atoms with van der Waals surface area (Å²) in [6.45, 7) is 0.326. The zero-order valence-corrected chi connectivity index (χ0v) is 11.5. The summed E-state index contributed by atoms with van der Waals surface area (Å²) in [5, 5.41) is 0. The van der Waals surface area contributed by atoms with E-state index in [1.807, 2.05) is 0 Å². The van der Waals surface area contributed by atoms with Crippen molar-refractivity contribution in [2.24, 2.45) is 5.84 Å². The Bertz CT molecular complexity index is 451. The van der Waals surface area contributed by atoms with Crippen molar-refractivity contribution in [1.29, 1.82) is 0 Å². The number of hydrazine groups is 1. The van der Waals surface area contributed by atoms with Crippen LogP contribution in [0.5, 0.6) is 17.2 Å². The van der Waals surface area contributed by atoms with Gasteiger partial charge in [-0.15, -0.1) is 0 Å². The van der Waals surface area contributed by atoms with Crippen LogP contribution in [-0.4, -0.2) is 39.3 Å². The van der Waals surface area contributed by atoms with E-state index in [1.54, 1.807) is 40.5 Å². The van der Waals surface area contributed by atoms with E-state index in [2.05, 4.69) is 5.43 Å². The molecule has 0 aliphatic carbocycles. The number of benzene rings is 1. The molecule has 0 unspecified atom stereocenters. The Morgan fingerprint density at radius 2 is 1.68 bits per heavy atom. The van der Waals surface area contributed by atoms with Crippen LogP contribution in [0.4, 0.5) is 4.79 Å². The lowest BCUT2D eigenvalue weighted by Crippen LogP contribution is -2.40. The second kappa shape index (κ2) is 6.69. The van der Waals surface area contributed by atoms with Crippen LogP contribution in [0, 0.1) is 0 Å². The number of methoxy groups -OCH3 is 3. The van der Waals surface area contributed by atoms with Crippen LogP contribution in [0.2, 0.25) is 0 Å². The van der Waals surface area contributed by atoms with Gasteiger partial charge in [0.15, 0.2) is 11.5 Å². The van der Waals surface area contributed by atoms with Gasteiger partial charge in [-0.05, 0) is 6.07 Å². The van der Waals surface area contributed by atoms with Crippen molar-refractivity contribution >= 4 is 6.03 Å². The highest BCUT2D eigenvalue weighted by Gasteiger charge is 2.15. The molecule has 3 N–H and O–H groups in total. The average Bonchev–Trinajstić information content (AvgIpc) is 2.45. The number of amides is 2. The Kier molecular flexibility index (Phi) is 5.25. The number of hydrogen-bond acceptors (Lipinski definition) is 5. The standard InChI is InChI=1S/C12H19N3O4/c1-15(12(16)14-13)7-8-5-10(18-3)11(19-4)6-9(8)17-2/h5-6H,7,13H2,1-4H3,(H,14,16). The third kappa shape index (κ3) is 3.41. The van der Waals surface area contributed by atoms with Crippen molar-refractivity contribution in [2.75, 3.05) is 28.4 Å². The van der Waals surface area contributed by atoms with Crippen molar-refractivity contribution in [1.82, 2.24) is 10.3 Å². The van der Waals surface area contributed by atoms with Gasteiger partial charge in [-0.1, -0.05) is 0 Å². The third-order valence-corrected chi connectivity index (χ3v) is 2.66. The number of nitrogens with two attached hydrogens (primary N) is 1. The van der Waals surface area contributed by atoms with Gasteiger partial charge in [0.05, 0.1) is 27.9 Å². The summed E-state index contributed by atoms with van der Waals surface area (Å²) in [5.74, 6) is 6.82. The van der Waals surface area contributed by atoms with Gasteiger partial charge in [0.2, 0.25) is 0 Å². The predicted molar refractivity (Wildman–Crippen MR) is 70.3 cm³/mol. The molecule has 0 saturated heterocycles. The predicted octanol–water partition coefficient (Wildman–Crippen LogP) is 0.728. The Morgan fingerprint density at radius 1 is 1.16 bits per heavy atom. The lowest BCUT2D eigenvalue weighted by atomic mass is 10.1. The maximum Gasteiger partial charge on any atom is 0.331 e. The van der Waals surface area contributed by atoms with Gasteiger partial charge in [0, 0.05) is 18.7 Å². The van der Waals surface area contributed by atoms with Gasteiger partial charge in [-0.2, -0.15) is 0 Å². The molecule has 1 aromatic rings. The van der Waals surface area contributed by atoms with Crippen LogP contribution < -0.4 is 25.5 Å². The van der Waals surface area contributed by atoms with E-state index in [4.69, 9.17) is 20.1 Å². The highest BCUT2D eigenvalue weighted by atomic mass is 16.5. The van der Waals surface area contributed by atoms with Crippen LogP contribution in [0.25, 0.3) is 0 Å². The Balaban J connectivity index is 3.08. The van der Waals surface area contributed by atoms with Gasteiger partial charge >= 0.3 is 6.03 Å². The maximum atomic E-state index is 11.4. The van der Waals surface area contributed by atoms with E-state index in [0.29, 0.717) is 23.8 Å². The molecule has 1 aromatic carbocycles. The van der Waals surface area contributed by atoms with Crippen LogP contribution >= 0.6 is 0 Å². The normalized spacial score (nSPS) is 9.74. The van der Waals surface area contributed by atoms with Crippen LogP contribution in [0.15, 0.2) is 12.1 Å². The van der Waals surface area contributed by atoms with E-state index in [0.717, 1.165) is 5.56 Å². The van der Waals surface area contributed by atoms with E-state index in [-0.39, 0.29) is 0 Å². The fraction of sp³-hybridized carbons (Fsp3) is 0.417. The highest BCUT2D eigenvalue weighted by molar-refractivity contribution is 5.73. The van der Waals surface area contributed by atoms with Gasteiger partial charge in [0.1, 0.15) is 5.75 Å². The molecule has 7 nitrogen and oxygen atoms in total. The van der Waals surface area contributed by atoms with E-state index >= 15 is 0 Å². The summed E-state index contributed by atoms with van der Waals surface area (Å²) >= 11 is 0. The smallest absolute Gasteiger partial charge is 0.331 e. The molecule has 0 aromatic heterocycles. The van der Waals surface area contributed by atoms with E-state index in [9.17, 15) is 4.79 Å². The number of urea groups is 1. The Morgan fingerprint density at radius 3 is 2.16 bits per heavy atom. The summed E-state index contributed by atoms with van der Waals surface area (Å²) in [7, 11) is 6.27. The van der Waals surface area contributed by atoms with E-state index < -0.39 is 6.03 Å². The van der Waals surface area contributed by atoms with Crippen molar-refractivity contribution in [3.63, 3.8) is 0 Å². The zero-order valence-electron chi connectivity index (χ0n) is 11.5. The number of ether oxygens (including phenoxy) is 3. The SMILES string of the molecule is COc1cc(OC)c(OC)cc1CN(C)C(=O)NN. The summed E-state index contributed by atoms with van der Waals surface area (Å²) < 4.78 is 15.7. The largest absolute Gasteiger partial charge is 0.496 e. The summed E-state index contributed by atoms with van der Waals surface area (Å²) in [6, 6.07) is 3.08. The van der Waals surface area contributed by atoms with Crippen LogP contribution in [0.3, 0.4) is 0 Å². The fourth-order valence-electron chi connectivity index (χ4n) is 1.65. The molecule has 0 radical (unpaired) electrons. The Hall–Kier alpha value is -2.15. The summed E-state index contributed by atoms with van der Waals surface area (Å²) in [4.78, 5) is 12.8. The molecule has 0 aliphatic rings. The molecule has 0 saturated carbocycles. The molecule has 19 heavy (non-hydrogen) atoms. The Labute approximate surface area is 112 Å². The lowest BCUT2D eigenvalue weighted by molar-refractivity contribution is 0.206. The van der Waals surface area contributed by atoms with Gasteiger partial charge in [-0.25, -0.2) is 10.6 Å². The van der Waals surface area contributed by atoms with Crippen LogP contribution in [0.1, 0.15) is 5.56 Å².